The van der Waals surface area contributed by atoms with E-state index in [2.05, 4.69) is 15.4 Å². The summed E-state index contributed by atoms with van der Waals surface area (Å²) in [6.45, 7) is 2.96. The van der Waals surface area contributed by atoms with Crippen LogP contribution >= 0.6 is 0 Å². The summed E-state index contributed by atoms with van der Waals surface area (Å²) < 4.78 is 1.83. The van der Waals surface area contributed by atoms with Crippen LogP contribution in [0.25, 0.3) is 5.65 Å². The van der Waals surface area contributed by atoms with Crippen LogP contribution in [0.3, 0.4) is 0 Å². The number of nitrogens with one attached hydrogen (secondary N) is 1. The first-order valence-electron chi connectivity index (χ1n) is 4.75. The summed E-state index contributed by atoms with van der Waals surface area (Å²) in [6, 6.07) is 2.02. The maximum Gasteiger partial charge on any atom is 0.155 e. The van der Waals surface area contributed by atoms with Crippen LogP contribution in [-0.4, -0.2) is 28.2 Å². The number of hydrogen-bond acceptors (Lipinski definition) is 3. The summed E-state index contributed by atoms with van der Waals surface area (Å²) >= 11 is 0. The van der Waals surface area contributed by atoms with Crippen LogP contribution in [0.1, 0.15) is 11.3 Å². The molecule has 74 valence electrons. The molecule has 2 heterocycles. The topological polar surface area (TPSA) is 42.2 Å². The zero-order valence-corrected chi connectivity index (χ0v) is 8.49. The van der Waals surface area contributed by atoms with Gasteiger partial charge in [0.05, 0.1) is 5.69 Å². The minimum absolute atomic E-state index is 0.918. The number of likely N-dealkylation sites (N-methyl/N-ethyl adjacent to an activating group) is 1. The maximum absolute atomic E-state index is 4.43. The minimum Gasteiger partial charge on any atom is -0.319 e. The molecule has 2 aromatic rings. The molecule has 0 aliphatic carbocycles. The number of fused-ring (bicyclic) bond motifs is 1. The van der Waals surface area contributed by atoms with Gasteiger partial charge in [0, 0.05) is 31.4 Å². The predicted octanol–water partition coefficient (Wildman–Crippen LogP) is 0.800. The van der Waals surface area contributed by atoms with Crippen LogP contribution in [0, 0.1) is 6.92 Å². The minimum atomic E-state index is 0.918. The zero-order valence-electron chi connectivity index (χ0n) is 8.49. The second-order valence-electron chi connectivity index (χ2n) is 3.42. The van der Waals surface area contributed by atoms with Crippen LogP contribution in [0.5, 0.6) is 0 Å². The first kappa shape index (κ1) is 9.15. The third-order valence-electron chi connectivity index (χ3n) is 2.12. The fraction of sp³-hybridized carbons (Fsp3) is 0.400. The molecule has 4 nitrogen and oxygen atoms in total. The Morgan fingerprint density at radius 2 is 2.36 bits per heavy atom. The average molecular weight is 190 g/mol. The van der Waals surface area contributed by atoms with Gasteiger partial charge in [-0.3, -0.25) is 0 Å². The third kappa shape index (κ3) is 1.75. The Hall–Kier alpha value is -1.42. The molecule has 0 atom stereocenters. The highest BCUT2D eigenvalue weighted by Gasteiger charge is 2.01. The van der Waals surface area contributed by atoms with Gasteiger partial charge in [-0.25, -0.2) is 9.50 Å². The summed E-state index contributed by atoms with van der Waals surface area (Å²) in [5, 5.41) is 7.53. The Balaban J connectivity index is 2.32. The Bertz CT molecular complexity index is 433. The summed E-state index contributed by atoms with van der Waals surface area (Å²) in [6.07, 6.45) is 4.79. The van der Waals surface area contributed by atoms with E-state index in [9.17, 15) is 0 Å². The van der Waals surface area contributed by atoms with Gasteiger partial charge in [0.2, 0.25) is 0 Å². The van der Waals surface area contributed by atoms with Gasteiger partial charge in [0.25, 0.3) is 0 Å². The molecule has 0 unspecified atom stereocenters. The molecule has 0 aliphatic heterocycles. The summed E-state index contributed by atoms with van der Waals surface area (Å²) in [4.78, 5) is 4.29. The summed E-state index contributed by atoms with van der Waals surface area (Å²) in [7, 11) is 1.94. The van der Waals surface area contributed by atoms with Gasteiger partial charge in [-0.05, 0) is 19.5 Å². The van der Waals surface area contributed by atoms with E-state index in [1.165, 1.54) is 0 Å². The monoisotopic (exact) mass is 190 g/mol. The first-order chi connectivity index (χ1) is 6.79. The van der Waals surface area contributed by atoms with Gasteiger partial charge in [-0.1, -0.05) is 0 Å². The van der Waals surface area contributed by atoms with Crippen molar-refractivity contribution in [3.63, 3.8) is 0 Å². The van der Waals surface area contributed by atoms with Crippen LogP contribution in [0.2, 0.25) is 0 Å². The Morgan fingerprint density at radius 1 is 1.50 bits per heavy atom. The van der Waals surface area contributed by atoms with Gasteiger partial charge < -0.3 is 5.32 Å². The zero-order chi connectivity index (χ0) is 9.97. The van der Waals surface area contributed by atoms with Crippen molar-refractivity contribution in [2.24, 2.45) is 0 Å². The van der Waals surface area contributed by atoms with Gasteiger partial charge in [-0.15, -0.1) is 0 Å². The Labute approximate surface area is 83.0 Å². The van der Waals surface area contributed by atoms with Gasteiger partial charge >= 0.3 is 0 Å². The number of aromatic nitrogens is 3. The van der Waals surface area contributed by atoms with Crippen molar-refractivity contribution in [3.8, 4) is 0 Å². The highest BCUT2D eigenvalue weighted by Crippen LogP contribution is 2.04. The lowest BCUT2D eigenvalue weighted by Gasteiger charge is -1.93. The quantitative estimate of drug-likeness (QED) is 0.778. The van der Waals surface area contributed by atoms with E-state index in [-0.39, 0.29) is 0 Å². The van der Waals surface area contributed by atoms with Crippen molar-refractivity contribution in [2.75, 3.05) is 13.6 Å². The highest BCUT2D eigenvalue weighted by atomic mass is 15.2. The molecule has 14 heavy (non-hydrogen) atoms. The van der Waals surface area contributed by atoms with E-state index >= 15 is 0 Å². The second-order valence-corrected chi connectivity index (χ2v) is 3.42. The lowest BCUT2D eigenvalue weighted by molar-refractivity contribution is 0.762. The normalized spacial score (nSPS) is 11.0. The number of aryl methyl sites for hydroxylation is 1. The number of nitrogens with zero attached hydrogens (tertiary/aromatic N) is 3. The largest absolute Gasteiger partial charge is 0.319 e. The van der Waals surface area contributed by atoms with Crippen molar-refractivity contribution in [1.29, 1.82) is 0 Å². The van der Waals surface area contributed by atoms with E-state index in [1.807, 2.05) is 36.9 Å². The van der Waals surface area contributed by atoms with Crippen LogP contribution < -0.4 is 5.32 Å². The molecule has 2 rings (SSSR count). The predicted molar refractivity (Wildman–Crippen MR) is 55.4 cm³/mol. The Morgan fingerprint density at radius 3 is 3.14 bits per heavy atom. The van der Waals surface area contributed by atoms with E-state index in [1.54, 1.807) is 0 Å². The molecule has 1 N–H and O–H groups in total. The molecule has 0 amide bonds. The molecule has 4 heteroatoms. The number of rotatable bonds is 3. The maximum atomic E-state index is 4.43. The Kier molecular flexibility index (Phi) is 2.45. The molecule has 0 aromatic carbocycles. The van der Waals surface area contributed by atoms with Crippen LogP contribution in [-0.2, 0) is 6.42 Å². The van der Waals surface area contributed by atoms with Gasteiger partial charge in [0.1, 0.15) is 0 Å². The van der Waals surface area contributed by atoms with Crippen LogP contribution in [0.4, 0.5) is 0 Å². The van der Waals surface area contributed by atoms with E-state index < -0.39 is 0 Å². The summed E-state index contributed by atoms with van der Waals surface area (Å²) in [5.74, 6) is 0. The van der Waals surface area contributed by atoms with Crippen molar-refractivity contribution in [1.82, 2.24) is 19.9 Å². The number of hydrogen-bond donors (Lipinski definition) is 1. The molecular formula is C10H14N4. The second kappa shape index (κ2) is 3.75. The molecule has 0 bridgehead atoms. The molecule has 0 spiro atoms. The van der Waals surface area contributed by atoms with Gasteiger partial charge in [-0.2, -0.15) is 5.10 Å². The molecule has 0 fully saturated rings. The van der Waals surface area contributed by atoms with Gasteiger partial charge in [0.15, 0.2) is 5.65 Å². The lowest BCUT2D eigenvalue weighted by Crippen LogP contribution is -2.10. The average Bonchev–Trinajstić information content (AvgIpc) is 2.56. The fourth-order valence-corrected chi connectivity index (χ4v) is 1.39. The molecule has 0 radical (unpaired) electrons. The summed E-state index contributed by atoms with van der Waals surface area (Å²) in [5.41, 5.74) is 3.12. The first-order valence-corrected chi connectivity index (χ1v) is 4.75. The molecule has 0 aliphatic rings. The fourth-order valence-electron chi connectivity index (χ4n) is 1.39. The van der Waals surface area contributed by atoms with Crippen molar-refractivity contribution in [3.05, 3.63) is 29.7 Å². The molecular weight excluding hydrogens is 176 g/mol. The smallest absolute Gasteiger partial charge is 0.155 e. The van der Waals surface area contributed by atoms with Crippen molar-refractivity contribution < 1.29 is 0 Å². The molecule has 0 saturated heterocycles. The molecule has 2 aromatic heterocycles. The standard InChI is InChI=1S/C10H14N4/c1-8-6-12-10-5-9(3-4-11-2)13-14(10)7-8/h5-7,11H,3-4H2,1-2H3. The third-order valence-corrected chi connectivity index (χ3v) is 2.12. The van der Waals surface area contributed by atoms with E-state index in [0.29, 0.717) is 0 Å². The van der Waals surface area contributed by atoms with Crippen LogP contribution in [0.15, 0.2) is 18.5 Å². The van der Waals surface area contributed by atoms with Crippen molar-refractivity contribution in [2.45, 2.75) is 13.3 Å². The SMILES string of the molecule is CNCCc1cc2ncc(C)cn2n1. The van der Waals surface area contributed by atoms with E-state index in [0.717, 1.165) is 29.9 Å². The molecule has 0 saturated carbocycles. The van der Waals surface area contributed by atoms with Crippen molar-refractivity contribution >= 4 is 5.65 Å². The lowest BCUT2D eigenvalue weighted by atomic mass is 10.3. The highest BCUT2D eigenvalue weighted by molar-refractivity contribution is 5.39. The van der Waals surface area contributed by atoms with E-state index in [4.69, 9.17) is 0 Å².